The Morgan fingerprint density at radius 3 is 1.80 bits per heavy atom. The summed E-state index contributed by atoms with van der Waals surface area (Å²) in [4.78, 5) is 0. The number of hydrogen-bond acceptors (Lipinski definition) is 1. The second-order valence-corrected chi connectivity index (χ2v) is 13.6. The lowest BCUT2D eigenvalue weighted by molar-refractivity contribution is 0.114. The van der Waals surface area contributed by atoms with Crippen LogP contribution in [0.5, 0.6) is 5.75 Å². The van der Waals surface area contributed by atoms with Gasteiger partial charge in [-0.15, -0.1) is 0 Å². The maximum Gasteiger partial charge on any atom is 0.200 e. The summed E-state index contributed by atoms with van der Waals surface area (Å²) in [6.07, 6.45) is 30.7. The minimum atomic E-state index is -0.795. The van der Waals surface area contributed by atoms with E-state index in [1.807, 2.05) is 0 Å². The Kier molecular flexibility index (Phi) is 13.3. The van der Waals surface area contributed by atoms with E-state index >= 15 is 0 Å². The lowest BCUT2D eigenvalue weighted by Gasteiger charge is -2.41. The van der Waals surface area contributed by atoms with E-state index in [2.05, 4.69) is 26.0 Å². The van der Waals surface area contributed by atoms with Crippen molar-refractivity contribution in [2.24, 2.45) is 29.6 Å². The first-order valence-electron chi connectivity index (χ1n) is 17.4. The second-order valence-electron chi connectivity index (χ2n) is 13.6. The van der Waals surface area contributed by atoms with Crippen molar-refractivity contribution >= 4 is 0 Å². The topological polar surface area (TPSA) is 9.23 Å². The highest BCUT2D eigenvalue weighted by molar-refractivity contribution is 5.33. The molecule has 1 aromatic carbocycles. The number of rotatable bonds is 14. The molecule has 3 aliphatic rings. The molecule has 40 heavy (non-hydrogen) atoms. The molecule has 0 radical (unpaired) electrons. The largest absolute Gasteiger partial charge is 0.490 e. The summed E-state index contributed by atoms with van der Waals surface area (Å²) in [5.41, 5.74) is 0.569. The average Bonchev–Trinajstić information content (AvgIpc) is 3.00. The normalized spacial score (nSPS) is 29.6. The molecule has 0 aromatic heterocycles. The smallest absolute Gasteiger partial charge is 0.200 e. The van der Waals surface area contributed by atoms with Crippen molar-refractivity contribution in [3.8, 4) is 5.75 Å². The number of unbranched alkanes of at least 4 members (excludes halogenated alkanes) is 6. The van der Waals surface area contributed by atoms with E-state index in [1.165, 1.54) is 103 Å². The number of allylic oxidation sites excluding steroid dienone is 2. The van der Waals surface area contributed by atoms with Gasteiger partial charge in [0.05, 0.1) is 6.61 Å². The van der Waals surface area contributed by atoms with Gasteiger partial charge in [0.25, 0.3) is 0 Å². The highest BCUT2D eigenvalue weighted by Crippen LogP contribution is 2.47. The molecule has 3 aliphatic carbocycles. The van der Waals surface area contributed by atoms with E-state index in [0.29, 0.717) is 12.2 Å². The van der Waals surface area contributed by atoms with E-state index in [1.54, 1.807) is 12.1 Å². The molecule has 0 N–H and O–H groups in total. The third-order valence-electron chi connectivity index (χ3n) is 10.9. The lowest BCUT2D eigenvalue weighted by atomic mass is 9.64. The van der Waals surface area contributed by atoms with Crippen LogP contribution >= 0.6 is 0 Å². The van der Waals surface area contributed by atoms with Crippen LogP contribution in [0.1, 0.15) is 154 Å². The van der Waals surface area contributed by atoms with Gasteiger partial charge >= 0.3 is 0 Å². The Morgan fingerprint density at radius 2 is 1.20 bits per heavy atom. The SMILES string of the molecule is CCCCCCC/C=C/C1CCC(C2CCC(C3CCC(c4ccc(OCCCC)c(F)c4F)CC3)CC2)CC1. The van der Waals surface area contributed by atoms with E-state index in [0.717, 1.165) is 55.3 Å². The maximum atomic E-state index is 14.9. The molecule has 0 atom stereocenters. The molecule has 0 saturated heterocycles. The van der Waals surface area contributed by atoms with Crippen molar-refractivity contribution in [3.63, 3.8) is 0 Å². The van der Waals surface area contributed by atoms with Gasteiger partial charge in [-0.3, -0.25) is 0 Å². The van der Waals surface area contributed by atoms with Crippen molar-refractivity contribution < 1.29 is 13.5 Å². The summed E-state index contributed by atoms with van der Waals surface area (Å²) in [5.74, 6) is 3.13. The summed E-state index contributed by atoms with van der Waals surface area (Å²) in [7, 11) is 0. The second kappa shape index (κ2) is 16.9. The monoisotopic (exact) mass is 556 g/mol. The molecule has 3 fully saturated rings. The van der Waals surface area contributed by atoms with Gasteiger partial charge in [-0.2, -0.15) is 4.39 Å². The first-order chi connectivity index (χ1) is 19.6. The molecule has 3 saturated carbocycles. The molecule has 1 nitrogen and oxygen atoms in total. The quantitative estimate of drug-likeness (QED) is 0.163. The Balaban J connectivity index is 1.14. The molecular weight excluding hydrogens is 498 g/mol. The summed E-state index contributed by atoms with van der Waals surface area (Å²) in [6, 6.07) is 3.44. The van der Waals surface area contributed by atoms with Crippen LogP contribution in [0, 0.1) is 41.2 Å². The van der Waals surface area contributed by atoms with Crippen LogP contribution in [-0.2, 0) is 0 Å². The van der Waals surface area contributed by atoms with Crippen molar-refractivity contribution in [3.05, 3.63) is 41.5 Å². The van der Waals surface area contributed by atoms with Gasteiger partial charge in [-0.05, 0) is 143 Å². The Morgan fingerprint density at radius 1 is 0.650 bits per heavy atom. The standard InChI is InChI=1S/C37H58F2O/c1-3-5-7-8-9-10-11-12-28-13-15-29(16-14-28)30-17-19-31(20-18-30)32-21-23-33(24-22-32)34-25-26-35(37(39)36(34)38)40-27-6-4-2/h11-12,25-26,28-33H,3-10,13-24,27H2,1-2H3/b12-11+. The molecule has 0 spiro atoms. The molecule has 4 rings (SSSR count). The van der Waals surface area contributed by atoms with Gasteiger partial charge in [-0.1, -0.05) is 64.2 Å². The number of hydrogen-bond donors (Lipinski definition) is 0. The summed E-state index contributed by atoms with van der Waals surface area (Å²) in [6.45, 7) is 4.79. The van der Waals surface area contributed by atoms with Crippen LogP contribution in [-0.4, -0.2) is 6.61 Å². The van der Waals surface area contributed by atoms with E-state index in [4.69, 9.17) is 4.74 Å². The molecule has 0 bridgehead atoms. The number of ether oxygens (including phenoxy) is 1. The van der Waals surface area contributed by atoms with E-state index < -0.39 is 11.6 Å². The maximum absolute atomic E-state index is 14.9. The fourth-order valence-electron chi connectivity index (χ4n) is 8.25. The molecule has 0 unspecified atom stereocenters. The minimum Gasteiger partial charge on any atom is -0.490 e. The number of halogens is 2. The molecule has 1 aromatic rings. The fourth-order valence-corrected chi connectivity index (χ4v) is 8.25. The molecule has 0 amide bonds. The van der Waals surface area contributed by atoms with Gasteiger partial charge in [0.2, 0.25) is 5.82 Å². The van der Waals surface area contributed by atoms with Gasteiger partial charge in [0.1, 0.15) is 0 Å². The van der Waals surface area contributed by atoms with Gasteiger partial charge < -0.3 is 4.74 Å². The Bertz CT molecular complexity index is 870. The zero-order valence-corrected chi connectivity index (χ0v) is 25.8. The molecule has 0 heterocycles. The van der Waals surface area contributed by atoms with E-state index in [9.17, 15) is 8.78 Å². The fraction of sp³-hybridized carbons (Fsp3) is 0.784. The van der Waals surface area contributed by atoms with Crippen molar-refractivity contribution in [1.82, 2.24) is 0 Å². The molecule has 0 aliphatic heterocycles. The lowest BCUT2D eigenvalue weighted by Crippen LogP contribution is -2.29. The van der Waals surface area contributed by atoms with Crippen molar-refractivity contribution in [1.29, 1.82) is 0 Å². The van der Waals surface area contributed by atoms with Gasteiger partial charge in [0.15, 0.2) is 11.6 Å². The molecule has 226 valence electrons. The number of benzene rings is 1. The zero-order chi connectivity index (χ0) is 28.2. The van der Waals surface area contributed by atoms with Crippen LogP contribution in [0.2, 0.25) is 0 Å². The van der Waals surface area contributed by atoms with Crippen LogP contribution in [0.4, 0.5) is 8.78 Å². The van der Waals surface area contributed by atoms with Crippen molar-refractivity contribution in [2.75, 3.05) is 6.61 Å². The third-order valence-corrected chi connectivity index (χ3v) is 10.9. The minimum absolute atomic E-state index is 0.0678. The van der Waals surface area contributed by atoms with Crippen LogP contribution < -0.4 is 4.74 Å². The highest BCUT2D eigenvalue weighted by atomic mass is 19.2. The van der Waals surface area contributed by atoms with Gasteiger partial charge in [0, 0.05) is 0 Å². The predicted molar refractivity (Wildman–Crippen MR) is 165 cm³/mol. The Hall–Kier alpha value is -1.38. The summed E-state index contributed by atoms with van der Waals surface area (Å²) >= 11 is 0. The molecular formula is C37H58F2O. The average molecular weight is 557 g/mol. The van der Waals surface area contributed by atoms with Gasteiger partial charge in [-0.25, -0.2) is 4.39 Å². The predicted octanol–water partition coefficient (Wildman–Crippen LogP) is 11.9. The first kappa shape index (κ1) is 31.6. The third kappa shape index (κ3) is 9.06. The van der Waals surface area contributed by atoms with Crippen LogP contribution in [0.3, 0.4) is 0 Å². The van der Waals surface area contributed by atoms with Crippen LogP contribution in [0.25, 0.3) is 0 Å². The molecule has 3 heteroatoms. The summed E-state index contributed by atoms with van der Waals surface area (Å²) in [5, 5.41) is 0. The summed E-state index contributed by atoms with van der Waals surface area (Å²) < 4.78 is 35.0. The highest BCUT2D eigenvalue weighted by Gasteiger charge is 2.35. The first-order valence-corrected chi connectivity index (χ1v) is 17.4. The zero-order valence-electron chi connectivity index (χ0n) is 25.8. The van der Waals surface area contributed by atoms with Crippen molar-refractivity contribution in [2.45, 2.75) is 148 Å². The Labute approximate surface area is 244 Å². The van der Waals surface area contributed by atoms with E-state index in [-0.39, 0.29) is 11.7 Å². The van der Waals surface area contributed by atoms with Crippen LogP contribution in [0.15, 0.2) is 24.3 Å².